The number of aryl methyl sites for hydroxylation is 1. The molecule has 1 saturated heterocycles. The van der Waals surface area contributed by atoms with E-state index in [0.717, 1.165) is 26.1 Å². The Bertz CT molecular complexity index is 425. The second kappa shape index (κ2) is 5.87. The van der Waals surface area contributed by atoms with Crippen molar-refractivity contribution in [2.45, 2.75) is 19.8 Å². The van der Waals surface area contributed by atoms with Crippen LogP contribution < -0.4 is 5.32 Å². The van der Waals surface area contributed by atoms with Gasteiger partial charge in [-0.1, -0.05) is 12.1 Å². The van der Waals surface area contributed by atoms with Crippen LogP contribution in [0.15, 0.2) is 18.2 Å². The lowest BCUT2D eigenvalue weighted by Crippen LogP contribution is -2.26. The molecule has 98 valence electrons. The van der Waals surface area contributed by atoms with E-state index in [1.165, 1.54) is 0 Å². The van der Waals surface area contributed by atoms with Gasteiger partial charge in [-0.05, 0) is 37.3 Å². The Morgan fingerprint density at radius 1 is 1.56 bits per heavy atom. The number of amides is 1. The number of phenols is 1. The second-order valence-corrected chi connectivity index (χ2v) is 4.75. The van der Waals surface area contributed by atoms with Crippen molar-refractivity contribution in [3.05, 3.63) is 29.3 Å². The molecule has 0 spiro atoms. The molecule has 1 atom stereocenters. The third-order valence-electron chi connectivity index (χ3n) is 3.34. The first-order valence-corrected chi connectivity index (χ1v) is 6.33. The lowest BCUT2D eigenvalue weighted by Gasteiger charge is -2.10. The Hall–Kier alpha value is -1.55. The lowest BCUT2D eigenvalue weighted by molar-refractivity contribution is 0.0947. The molecule has 1 aromatic carbocycles. The molecule has 0 aliphatic carbocycles. The minimum Gasteiger partial charge on any atom is -0.507 e. The van der Waals surface area contributed by atoms with Crippen LogP contribution >= 0.6 is 0 Å². The van der Waals surface area contributed by atoms with Gasteiger partial charge in [0.25, 0.3) is 5.91 Å². The Morgan fingerprint density at radius 3 is 3.11 bits per heavy atom. The van der Waals surface area contributed by atoms with Gasteiger partial charge in [-0.2, -0.15) is 0 Å². The lowest BCUT2D eigenvalue weighted by atomic mass is 10.1. The number of carbonyl (C=O) groups is 1. The number of carbonyl (C=O) groups excluding carboxylic acids is 1. The molecule has 1 amide bonds. The minimum atomic E-state index is -0.213. The summed E-state index contributed by atoms with van der Waals surface area (Å²) in [5, 5.41) is 12.6. The molecule has 0 bridgehead atoms. The quantitative estimate of drug-likeness (QED) is 0.856. The van der Waals surface area contributed by atoms with Gasteiger partial charge in [0.05, 0.1) is 5.56 Å². The molecule has 1 heterocycles. The van der Waals surface area contributed by atoms with Gasteiger partial charge < -0.3 is 15.2 Å². The van der Waals surface area contributed by atoms with Crippen molar-refractivity contribution in [1.29, 1.82) is 0 Å². The Balaban J connectivity index is 1.85. The van der Waals surface area contributed by atoms with Crippen molar-refractivity contribution in [3.8, 4) is 5.75 Å². The number of hydrogen-bond donors (Lipinski definition) is 2. The van der Waals surface area contributed by atoms with Crippen LogP contribution in [0.3, 0.4) is 0 Å². The van der Waals surface area contributed by atoms with Gasteiger partial charge in [0.2, 0.25) is 0 Å². The zero-order chi connectivity index (χ0) is 13.0. The van der Waals surface area contributed by atoms with Crippen LogP contribution in [-0.4, -0.2) is 30.8 Å². The smallest absolute Gasteiger partial charge is 0.255 e. The minimum absolute atomic E-state index is 0.0687. The summed E-state index contributed by atoms with van der Waals surface area (Å²) >= 11 is 0. The third kappa shape index (κ3) is 3.01. The van der Waals surface area contributed by atoms with E-state index >= 15 is 0 Å². The zero-order valence-electron chi connectivity index (χ0n) is 10.6. The van der Waals surface area contributed by atoms with E-state index in [4.69, 9.17) is 4.74 Å². The van der Waals surface area contributed by atoms with Gasteiger partial charge in [-0.3, -0.25) is 4.79 Å². The summed E-state index contributed by atoms with van der Waals surface area (Å²) in [6.45, 7) is 4.03. The predicted octanol–water partition coefficient (Wildman–Crippen LogP) is 1.86. The third-order valence-corrected chi connectivity index (χ3v) is 3.34. The van der Waals surface area contributed by atoms with Gasteiger partial charge in [0, 0.05) is 19.8 Å². The maximum atomic E-state index is 11.9. The largest absolute Gasteiger partial charge is 0.507 e. The van der Waals surface area contributed by atoms with E-state index in [-0.39, 0.29) is 11.7 Å². The number of benzene rings is 1. The standard InChI is InChI=1S/C14H19NO3/c1-10-3-2-4-12(13(10)16)14(17)15-7-5-11-6-8-18-9-11/h2-4,11,16H,5-9H2,1H3,(H,15,17). The number of para-hydroxylation sites is 1. The zero-order valence-corrected chi connectivity index (χ0v) is 10.6. The van der Waals surface area contributed by atoms with Crippen molar-refractivity contribution in [2.24, 2.45) is 5.92 Å². The Kier molecular flexibility index (Phi) is 4.20. The molecular weight excluding hydrogens is 230 g/mol. The number of nitrogens with one attached hydrogen (secondary N) is 1. The van der Waals surface area contributed by atoms with E-state index in [2.05, 4.69) is 5.32 Å². The molecule has 1 unspecified atom stereocenters. The van der Waals surface area contributed by atoms with Crippen LogP contribution in [0.1, 0.15) is 28.8 Å². The number of phenolic OH excluding ortho intramolecular Hbond substituents is 1. The highest BCUT2D eigenvalue weighted by molar-refractivity contribution is 5.97. The highest BCUT2D eigenvalue weighted by Gasteiger charge is 2.16. The number of rotatable bonds is 4. The summed E-state index contributed by atoms with van der Waals surface area (Å²) in [5.41, 5.74) is 1.06. The maximum Gasteiger partial charge on any atom is 0.255 e. The molecule has 1 aromatic rings. The summed E-state index contributed by atoms with van der Waals surface area (Å²) in [4.78, 5) is 11.9. The summed E-state index contributed by atoms with van der Waals surface area (Å²) in [5.74, 6) is 0.408. The molecular formula is C14H19NO3. The van der Waals surface area contributed by atoms with Crippen LogP contribution in [0.2, 0.25) is 0 Å². The van der Waals surface area contributed by atoms with Gasteiger partial charge in [-0.15, -0.1) is 0 Å². The molecule has 0 saturated carbocycles. The molecule has 1 aliphatic rings. The molecule has 2 rings (SSSR count). The first-order chi connectivity index (χ1) is 8.68. The highest BCUT2D eigenvalue weighted by atomic mass is 16.5. The number of ether oxygens (including phenoxy) is 1. The van der Waals surface area contributed by atoms with E-state index in [0.29, 0.717) is 23.6 Å². The second-order valence-electron chi connectivity index (χ2n) is 4.75. The molecule has 4 nitrogen and oxygen atoms in total. The van der Waals surface area contributed by atoms with Crippen molar-refractivity contribution < 1.29 is 14.6 Å². The SMILES string of the molecule is Cc1cccc(C(=O)NCCC2CCOC2)c1O. The molecule has 0 aromatic heterocycles. The fraction of sp³-hybridized carbons (Fsp3) is 0.500. The molecule has 1 fully saturated rings. The Labute approximate surface area is 107 Å². The van der Waals surface area contributed by atoms with Crippen LogP contribution in [0.4, 0.5) is 0 Å². The monoisotopic (exact) mass is 249 g/mol. The molecule has 1 aliphatic heterocycles. The summed E-state index contributed by atoms with van der Waals surface area (Å²) in [7, 11) is 0. The average Bonchev–Trinajstić information content (AvgIpc) is 2.85. The fourth-order valence-electron chi connectivity index (χ4n) is 2.14. The molecule has 2 N–H and O–H groups in total. The van der Waals surface area contributed by atoms with Crippen molar-refractivity contribution >= 4 is 5.91 Å². The summed E-state index contributed by atoms with van der Waals surface area (Å²) in [6, 6.07) is 5.19. The molecule has 18 heavy (non-hydrogen) atoms. The van der Waals surface area contributed by atoms with E-state index < -0.39 is 0 Å². The van der Waals surface area contributed by atoms with Crippen molar-refractivity contribution in [3.63, 3.8) is 0 Å². The van der Waals surface area contributed by atoms with Crippen LogP contribution in [0.25, 0.3) is 0 Å². The van der Waals surface area contributed by atoms with E-state index in [9.17, 15) is 9.90 Å². The molecule has 4 heteroatoms. The summed E-state index contributed by atoms with van der Waals surface area (Å²) < 4.78 is 5.28. The van der Waals surface area contributed by atoms with Gasteiger partial charge >= 0.3 is 0 Å². The topological polar surface area (TPSA) is 58.6 Å². The van der Waals surface area contributed by atoms with E-state index in [1.54, 1.807) is 25.1 Å². The van der Waals surface area contributed by atoms with Crippen molar-refractivity contribution in [2.75, 3.05) is 19.8 Å². The van der Waals surface area contributed by atoms with Crippen LogP contribution in [0.5, 0.6) is 5.75 Å². The van der Waals surface area contributed by atoms with Gasteiger partial charge in [0.15, 0.2) is 0 Å². The number of hydrogen-bond acceptors (Lipinski definition) is 3. The Morgan fingerprint density at radius 2 is 2.39 bits per heavy atom. The first-order valence-electron chi connectivity index (χ1n) is 6.33. The average molecular weight is 249 g/mol. The van der Waals surface area contributed by atoms with Gasteiger partial charge in [0.1, 0.15) is 5.75 Å². The first kappa shape index (κ1) is 12.9. The highest BCUT2D eigenvalue weighted by Crippen LogP contribution is 2.21. The van der Waals surface area contributed by atoms with E-state index in [1.807, 2.05) is 0 Å². The number of aromatic hydroxyl groups is 1. The maximum absolute atomic E-state index is 11.9. The fourth-order valence-corrected chi connectivity index (χ4v) is 2.14. The molecule has 0 radical (unpaired) electrons. The van der Waals surface area contributed by atoms with Crippen LogP contribution in [0, 0.1) is 12.8 Å². The summed E-state index contributed by atoms with van der Waals surface area (Å²) in [6.07, 6.45) is 2.00. The predicted molar refractivity (Wildman–Crippen MR) is 68.7 cm³/mol. The normalized spacial score (nSPS) is 18.8. The van der Waals surface area contributed by atoms with Gasteiger partial charge in [-0.25, -0.2) is 0 Å². The van der Waals surface area contributed by atoms with Crippen molar-refractivity contribution in [1.82, 2.24) is 5.32 Å². The van der Waals surface area contributed by atoms with Crippen LogP contribution in [-0.2, 0) is 4.74 Å².